The van der Waals surface area contributed by atoms with Gasteiger partial charge < -0.3 is 14.8 Å². The van der Waals surface area contributed by atoms with E-state index in [2.05, 4.69) is 15.3 Å². The summed E-state index contributed by atoms with van der Waals surface area (Å²) in [6.07, 6.45) is 6.98. The third-order valence-electron chi connectivity index (χ3n) is 3.24. The molecule has 1 N–H and O–H groups in total. The highest BCUT2D eigenvalue weighted by Crippen LogP contribution is 2.15. The zero-order valence-corrected chi connectivity index (χ0v) is 10.9. The number of aromatic nitrogens is 2. The van der Waals surface area contributed by atoms with Crippen molar-refractivity contribution in [1.29, 1.82) is 0 Å². The Balaban J connectivity index is 1.68. The SMILES string of the molecule is COc1nccnc1COCC[C@H]1CCCNC1. The number of ether oxygens (including phenoxy) is 2. The Hall–Kier alpha value is -1.20. The first-order valence-electron chi connectivity index (χ1n) is 6.52. The number of nitrogens with one attached hydrogen (secondary N) is 1. The van der Waals surface area contributed by atoms with Crippen LogP contribution in [-0.4, -0.2) is 36.8 Å². The van der Waals surface area contributed by atoms with Crippen LogP contribution in [0.5, 0.6) is 5.88 Å². The maximum absolute atomic E-state index is 5.65. The molecule has 0 radical (unpaired) electrons. The molecule has 1 fully saturated rings. The van der Waals surface area contributed by atoms with Crippen LogP contribution in [-0.2, 0) is 11.3 Å². The van der Waals surface area contributed by atoms with Crippen LogP contribution in [0.4, 0.5) is 0 Å². The average Bonchev–Trinajstić information content (AvgIpc) is 2.45. The Morgan fingerprint density at radius 3 is 3.06 bits per heavy atom. The van der Waals surface area contributed by atoms with Crippen molar-refractivity contribution < 1.29 is 9.47 Å². The predicted molar refractivity (Wildman–Crippen MR) is 68.5 cm³/mol. The van der Waals surface area contributed by atoms with E-state index in [0.717, 1.165) is 37.7 Å². The van der Waals surface area contributed by atoms with Crippen LogP contribution in [0.1, 0.15) is 25.0 Å². The number of rotatable bonds is 6. The molecule has 100 valence electrons. The van der Waals surface area contributed by atoms with Gasteiger partial charge in [0, 0.05) is 19.0 Å². The van der Waals surface area contributed by atoms with Gasteiger partial charge in [-0.05, 0) is 38.3 Å². The molecule has 0 saturated carbocycles. The van der Waals surface area contributed by atoms with Crippen LogP contribution in [0.2, 0.25) is 0 Å². The van der Waals surface area contributed by atoms with Crippen molar-refractivity contribution in [2.45, 2.75) is 25.9 Å². The van der Waals surface area contributed by atoms with Gasteiger partial charge in [0.05, 0.1) is 13.7 Å². The molecule has 1 aliphatic rings. The van der Waals surface area contributed by atoms with E-state index in [1.54, 1.807) is 19.5 Å². The van der Waals surface area contributed by atoms with Gasteiger partial charge in [0.25, 0.3) is 0 Å². The summed E-state index contributed by atoms with van der Waals surface area (Å²) in [5.41, 5.74) is 0.766. The van der Waals surface area contributed by atoms with Crippen molar-refractivity contribution in [3.05, 3.63) is 18.1 Å². The van der Waals surface area contributed by atoms with Crippen molar-refractivity contribution in [3.63, 3.8) is 0 Å². The van der Waals surface area contributed by atoms with Gasteiger partial charge in [0.15, 0.2) is 0 Å². The molecule has 18 heavy (non-hydrogen) atoms. The molecule has 2 rings (SSSR count). The Bertz CT molecular complexity index is 354. The van der Waals surface area contributed by atoms with Crippen molar-refractivity contribution in [2.75, 3.05) is 26.8 Å². The van der Waals surface area contributed by atoms with Crippen molar-refractivity contribution in [1.82, 2.24) is 15.3 Å². The largest absolute Gasteiger partial charge is 0.480 e. The van der Waals surface area contributed by atoms with Crippen LogP contribution in [0, 0.1) is 5.92 Å². The normalized spacial score (nSPS) is 19.7. The van der Waals surface area contributed by atoms with E-state index >= 15 is 0 Å². The topological polar surface area (TPSA) is 56.3 Å². The molecule has 5 heteroatoms. The third-order valence-corrected chi connectivity index (χ3v) is 3.24. The Morgan fingerprint density at radius 2 is 2.28 bits per heavy atom. The van der Waals surface area contributed by atoms with Gasteiger partial charge in [-0.15, -0.1) is 0 Å². The van der Waals surface area contributed by atoms with E-state index in [-0.39, 0.29) is 0 Å². The summed E-state index contributed by atoms with van der Waals surface area (Å²) in [4.78, 5) is 8.30. The molecule has 1 atom stereocenters. The molecule has 1 aliphatic heterocycles. The predicted octanol–water partition coefficient (Wildman–Crippen LogP) is 1.39. The lowest BCUT2D eigenvalue weighted by atomic mass is 9.97. The van der Waals surface area contributed by atoms with Gasteiger partial charge in [0.1, 0.15) is 5.69 Å². The fraction of sp³-hybridized carbons (Fsp3) is 0.692. The van der Waals surface area contributed by atoms with Crippen molar-refractivity contribution >= 4 is 0 Å². The van der Waals surface area contributed by atoms with Crippen LogP contribution < -0.4 is 10.1 Å². The lowest BCUT2D eigenvalue weighted by Crippen LogP contribution is -2.30. The maximum atomic E-state index is 5.65. The average molecular weight is 251 g/mol. The van der Waals surface area contributed by atoms with Crippen molar-refractivity contribution in [2.24, 2.45) is 5.92 Å². The second-order valence-electron chi connectivity index (χ2n) is 4.57. The molecule has 0 unspecified atom stereocenters. The zero-order valence-electron chi connectivity index (χ0n) is 10.9. The first-order chi connectivity index (χ1) is 8.90. The maximum Gasteiger partial charge on any atom is 0.237 e. The molecule has 1 aromatic heterocycles. The van der Waals surface area contributed by atoms with Crippen LogP contribution in [0.25, 0.3) is 0 Å². The molecule has 0 aromatic carbocycles. The van der Waals surface area contributed by atoms with Crippen LogP contribution in [0.3, 0.4) is 0 Å². The standard InChI is InChI=1S/C13H21N3O2/c1-17-13-12(15-6-7-16-13)10-18-8-4-11-3-2-5-14-9-11/h6-7,11,14H,2-5,8-10H2,1H3/t11-/m1/s1. The number of nitrogens with zero attached hydrogens (tertiary/aromatic N) is 2. The third kappa shape index (κ3) is 3.92. The van der Waals surface area contributed by atoms with Gasteiger partial charge in [-0.2, -0.15) is 0 Å². The molecular weight excluding hydrogens is 230 g/mol. The molecule has 1 aromatic rings. The number of hydrogen-bond donors (Lipinski definition) is 1. The molecule has 1 saturated heterocycles. The van der Waals surface area contributed by atoms with Crippen LogP contribution >= 0.6 is 0 Å². The quantitative estimate of drug-likeness (QED) is 0.774. The highest BCUT2D eigenvalue weighted by Gasteiger charge is 2.12. The molecule has 2 heterocycles. The Morgan fingerprint density at radius 1 is 1.39 bits per heavy atom. The van der Waals surface area contributed by atoms with Gasteiger partial charge >= 0.3 is 0 Å². The summed E-state index contributed by atoms with van der Waals surface area (Å²) in [5, 5.41) is 3.41. The van der Waals surface area contributed by atoms with Crippen molar-refractivity contribution in [3.8, 4) is 5.88 Å². The molecule has 0 spiro atoms. The monoisotopic (exact) mass is 251 g/mol. The van der Waals surface area contributed by atoms with E-state index in [0.29, 0.717) is 12.5 Å². The smallest absolute Gasteiger partial charge is 0.237 e. The highest BCUT2D eigenvalue weighted by molar-refractivity contribution is 5.15. The van der Waals surface area contributed by atoms with E-state index in [1.807, 2.05) is 0 Å². The molecule has 0 bridgehead atoms. The van der Waals surface area contributed by atoms with E-state index < -0.39 is 0 Å². The number of methoxy groups -OCH3 is 1. The molecular formula is C13H21N3O2. The second kappa shape index (κ2) is 7.28. The molecule has 0 aliphatic carbocycles. The minimum atomic E-state index is 0.469. The number of hydrogen-bond acceptors (Lipinski definition) is 5. The fourth-order valence-corrected chi connectivity index (χ4v) is 2.21. The summed E-state index contributed by atoms with van der Waals surface area (Å²) in [6, 6.07) is 0. The van der Waals surface area contributed by atoms with Gasteiger partial charge in [-0.25, -0.2) is 4.98 Å². The van der Waals surface area contributed by atoms with E-state index in [1.165, 1.54) is 12.8 Å². The first kappa shape index (κ1) is 13.2. The van der Waals surface area contributed by atoms with Gasteiger partial charge in [0.2, 0.25) is 5.88 Å². The fourth-order valence-electron chi connectivity index (χ4n) is 2.21. The van der Waals surface area contributed by atoms with Gasteiger partial charge in [-0.3, -0.25) is 4.98 Å². The zero-order chi connectivity index (χ0) is 12.6. The highest BCUT2D eigenvalue weighted by atomic mass is 16.5. The summed E-state index contributed by atoms with van der Waals surface area (Å²) < 4.78 is 10.8. The summed E-state index contributed by atoms with van der Waals surface area (Å²) in [5.74, 6) is 1.30. The lowest BCUT2D eigenvalue weighted by molar-refractivity contribution is 0.0989. The Labute approximate surface area is 108 Å². The molecule has 5 nitrogen and oxygen atoms in total. The lowest BCUT2D eigenvalue weighted by Gasteiger charge is -2.22. The minimum Gasteiger partial charge on any atom is -0.480 e. The summed E-state index contributed by atoms with van der Waals surface area (Å²) >= 11 is 0. The Kier molecular flexibility index (Phi) is 5.36. The molecule has 0 amide bonds. The van der Waals surface area contributed by atoms with E-state index in [4.69, 9.17) is 9.47 Å². The summed E-state index contributed by atoms with van der Waals surface area (Å²) in [6.45, 7) is 3.52. The van der Waals surface area contributed by atoms with Gasteiger partial charge in [-0.1, -0.05) is 0 Å². The van der Waals surface area contributed by atoms with E-state index in [9.17, 15) is 0 Å². The number of piperidine rings is 1. The first-order valence-corrected chi connectivity index (χ1v) is 6.52. The van der Waals surface area contributed by atoms with Crippen LogP contribution in [0.15, 0.2) is 12.4 Å². The minimum absolute atomic E-state index is 0.469. The summed E-state index contributed by atoms with van der Waals surface area (Å²) in [7, 11) is 1.60. The second-order valence-corrected chi connectivity index (χ2v) is 4.57.